The lowest BCUT2D eigenvalue weighted by Crippen LogP contribution is -2.29. The van der Waals surface area contributed by atoms with Crippen molar-refractivity contribution >= 4 is 40.4 Å². The van der Waals surface area contributed by atoms with Crippen molar-refractivity contribution in [1.82, 2.24) is 19.9 Å². The number of carbonyl (C=O) groups excluding carboxylic acids is 3. The first-order valence-electron chi connectivity index (χ1n) is 10.8. The smallest absolute Gasteiger partial charge is 0.413 e. The molecule has 0 aliphatic carbocycles. The zero-order valence-corrected chi connectivity index (χ0v) is 20.0. The summed E-state index contributed by atoms with van der Waals surface area (Å²) in [6, 6.07) is 6.94. The zero-order chi connectivity index (χ0) is 25.3. The number of benzene rings is 1. The van der Waals surface area contributed by atoms with Gasteiger partial charge in [-0.3, -0.25) is 10.1 Å². The van der Waals surface area contributed by atoms with E-state index in [1.807, 2.05) is 13.0 Å². The molecule has 0 unspecified atom stereocenters. The quantitative estimate of drug-likeness (QED) is 0.412. The maximum absolute atomic E-state index is 13.2. The average Bonchev–Trinajstić information content (AvgIpc) is 3.35. The first-order valence-corrected chi connectivity index (χ1v) is 10.8. The molecule has 0 aliphatic heterocycles. The number of rotatable bonds is 5. The van der Waals surface area contributed by atoms with Gasteiger partial charge >= 0.3 is 12.1 Å². The fourth-order valence-electron chi connectivity index (χ4n) is 3.54. The van der Waals surface area contributed by atoms with Gasteiger partial charge in [-0.25, -0.2) is 19.1 Å². The maximum Gasteiger partial charge on any atom is 0.413 e. The van der Waals surface area contributed by atoms with Crippen LogP contribution in [0.2, 0.25) is 0 Å². The lowest BCUT2D eigenvalue weighted by atomic mass is 10.1. The second-order valence-electron chi connectivity index (χ2n) is 8.86. The third-order valence-electron chi connectivity index (χ3n) is 4.88. The molecule has 0 saturated carbocycles. The van der Waals surface area contributed by atoms with Crippen molar-refractivity contribution in [3.05, 3.63) is 59.1 Å². The molecular weight excluding hydrogens is 454 g/mol. The highest BCUT2D eigenvalue weighted by molar-refractivity contribution is 6.07. The monoisotopic (exact) mass is 479 g/mol. The van der Waals surface area contributed by atoms with E-state index in [0.29, 0.717) is 22.3 Å². The normalized spacial score (nSPS) is 11.5. The van der Waals surface area contributed by atoms with Crippen LogP contribution < -0.4 is 10.6 Å². The number of methoxy groups -OCH3 is 1. The molecule has 11 nitrogen and oxygen atoms in total. The Bertz CT molecular complexity index is 1450. The Morgan fingerprint density at radius 1 is 1.17 bits per heavy atom. The average molecular weight is 479 g/mol. The van der Waals surface area contributed by atoms with Gasteiger partial charge in [0.05, 0.1) is 13.7 Å². The van der Waals surface area contributed by atoms with E-state index in [1.54, 1.807) is 45.2 Å². The SMILES string of the molecule is COC(=O)c1cc(C)cc2cc(CNC(=O)c3c(NC(=O)OC(C)(C)C)nn4cccnc34)oc12. The number of nitrogens with zero attached hydrogens (tertiary/aromatic N) is 3. The van der Waals surface area contributed by atoms with E-state index in [-0.39, 0.29) is 23.6 Å². The Kier molecular flexibility index (Phi) is 6.16. The lowest BCUT2D eigenvalue weighted by molar-refractivity contribution is 0.0598. The van der Waals surface area contributed by atoms with Crippen molar-refractivity contribution < 1.29 is 28.3 Å². The molecule has 0 spiro atoms. The van der Waals surface area contributed by atoms with Gasteiger partial charge in [0.2, 0.25) is 0 Å². The number of hydrogen-bond acceptors (Lipinski definition) is 8. The third-order valence-corrected chi connectivity index (χ3v) is 4.88. The molecule has 0 fully saturated rings. The number of esters is 1. The Hall–Kier alpha value is -4.41. The summed E-state index contributed by atoms with van der Waals surface area (Å²) in [5.41, 5.74) is 1.13. The molecule has 4 rings (SSSR count). The molecule has 3 heterocycles. The predicted molar refractivity (Wildman–Crippen MR) is 126 cm³/mol. The number of carbonyl (C=O) groups is 3. The van der Waals surface area contributed by atoms with E-state index < -0.39 is 23.6 Å². The summed E-state index contributed by atoms with van der Waals surface area (Å²) in [7, 11) is 1.30. The van der Waals surface area contributed by atoms with Gasteiger partial charge in [0, 0.05) is 17.8 Å². The molecule has 182 valence electrons. The van der Waals surface area contributed by atoms with Gasteiger partial charge in [-0.2, -0.15) is 0 Å². The molecule has 1 aromatic carbocycles. The summed E-state index contributed by atoms with van der Waals surface area (Å²) in [5, 5.41) is 10.2. The number of anilines is 1. The van der Waals surface area contributed by atoms with Crippen LogP contribution in [-0.4, -0.2) is 45.3 Å². The van der Waals surface area contributed by atoms with Gasteiger partial charge in [0.1, 0.15) is 28.1 Å². The van der Waals surface area contributed by atoms with E-state index in [1.165, 1.54) is 17.8 Å². The highest BCUT2D eigenvalue weighted by Gasteiger charge is 2.25. The number of hydrogen-bond donors (Lipinski definition) is 2. The largest absolute Gasteiger partial charge is 0.465 e. The van der Waals surface area contributed by atoms with E-state index in [4.69, 9.17) is 13.9 Å². The maximum atomic E-state index is 13.2. The minimum absolute atomic E-state index is 0.00339. The van der Waals surface area contributed by atoms with E-state index in [2.05, 4.69) is 20.7 Å². The molecule has 35 heavy (non-hydrogen) atoms. The Morgan fingerprint density at radius 3 is 2.66 bits per heavy atom. The number of nitrogens with one attached hydrogen (secondary N) is 2. The summed E-state index contributed by atoms with van der Waals surface area (Å²) in [5.74, 6) is -0.618. The van der Waals surface area contributed by atoms with Crippen molar-refractivity contribution in [1.29, 1.82) is 0 Å². The van der Waals surface area contributed by atoms with Crippen LogP contribution in [-0.2, 0) is 16.0 Å². The fraction of sp³-hybridized carbons (Fsp3) is 0.292. The number of aromatic nitrogens is 3. The Morgan fingerprint density at radius 2 is 1.94 bits per heavy atom. The molecule has 0 saturated heterocycles. The highest BCUT2D eigenvalue weighted by atomic mass is 16.6. The van der Waals surface area contributed by atoms with Crippen LogP contribution in [0.1, 0.15) is 52.8 Å². The summed E-state index contributed by atoms with van der Waals surface area (Å²) < 4.78 is 17.3. The van der Waals surface area contributed by atoms with E-state index in [9.17, 15) is 14.4 Å². The number of ether oxygens (including phenoxy) is 2. The van der Waals surface area contributed by atoms with Gasteiger partial charge < -0.3 is 19.2 Å². The van der Waals surface area contributed by atoms with Gasteiger partial charge in [-0.1, -0.05) is 0 Å². The van der Waals surface area contributed by atoms with Crippen LogP contribution in [0, 0.1) is 6.92 Å². The first kappa shape index (κ1) is 23.7. The van der Waals surface area contributed by atoms with Crippen molar-refractivity contribution in [2.75, 3.05) is 12.4 Å². The van der Waals surface area contributed by atoms with Crippen LogP contribution in [0.4, 0.5) is 10.6 Å². The Labute approximate surface area is 200 Å². The molecule has 0 radical (unpaired) electrons. The predicted octanol–water partition coefficient (Wildman–Crippen LogP) is 3.85. The molecule has 4 aromatic rings. The molecule has 2 amide bonds. The minimum atomic E-state index is -0.752. The number of furan rings is 1. The van der Waals surface area contributed by atoms with Crippen molar-refractivity contribution in [2.45, 2.75) is 39.8 Å². The topological polar surface area (TPSA) is 137 Å². The van der Waals surface area contributed by atoms with E-state index in [0.717, 1.165) is 5.56 Å². The van der Waals surface area contributed by atoms with Crippen LogP contribution in [0.3, 0.4) is 0 Å². The van der Waals surface area contributed by atoms with Crippen molar-refractivity contribution in [3.63, 3.8) is 0 Å². The van der Waals surface area contributed by atoms with Gasteiger partial charge in [0.25, 0.3) is 5.91 Å². The standard InChI is InChI=1S/C24H25N5O6/c1-13-9-14-11-15(34-18(14)16(10-13)22(31)33-5)12-26-21(30)17-19(27-23(32)35-24(2,3)4)28-29-8-6-7-25-20(17)29/h6-11H,12H2,1-5H3,(H,26,30)(H,27,28,32). The van der Waals surface area contributed by atoms with Gasteiger partial charge in [0.15, 0.2) is 11.5 Å². The number of aryl methyl sites for hydroxylation is 1. The first-order chi connectivity index (χ1) is 16.6. The zero-order valence-electron chi connectivity index (χ0n) is 20.0. The number of amides is 2. The Balaban J connectivity index is 1.60. The van der Waals surface area contributed by atoms with Crippen LogP contribution in [0.25, 0.3) is 16.6 Å². The summed E-state index contributed by atoms with van der Waals surface area (Å²) in [4.78, 5) is 41.8. The number of fused-ring (bicyclic) bond motifs is 2. The second kappa shape index (κ2) is 9.09. The lowest BCUT2D eigenvalue weighted by Gasteiger charge is -2.19. The molecular formula is C24H25N5O6. The van der Waals surface area contributed by atoms with Crippen LogP contribution >= 0.6 is 0 Å². The fourth-order valence-corrected chi connectivity index (χ4v) is 3.54. The molecule has 0 atom stereocenters. The summed E-state index contributed by atoms with van der Waals surface area (Å²) in [6.45, 7) is 7.06. The van der Waals surface area contributed by atoms with Crippen LogP contribution in [0.5, 0.6) is 0 Å². The molecule has 11 heteroatoms. The van der Waals surface area contributed by atoms with Gasteiger partial charge in [-0.15, -0.1) is 5.10 Å². The van der Waals surface area contributed by atoms with Crippen molar-refractivity contribution in [2.24, 2.45) is 0 Å². The van der Waals surface area contributed by atoms with Crippen molar-refractivity contribution in [3.8, 4) is 0 Å². The van der Waals surface area contributed by atoms with Crippen LogP contribution in [0.15, 0.2) is 41.1 Å². The van der Waals surface area contributed by atoms with E-state index >= 15 is 0 Å². The third kappa shape index (κ3) is 5.08. The molecule has 3 aromatic heterocycles. The molecule has 2 N–H and O–H groups in total. The summed E-state index contributed by atoms with van der Waals surface area (Å²) >= 11 is 0. The highest BCUT2D eigenvalue weighted by Crippen LogP contribution is 2.26. The van der Waals surface area contributed by atoms with Gasteiger partial charge in [-0.05, 0) is 57.5 Å². The molecule has 0 aliphatic rings. The minimum Gasteiger partial charge on any atom is -0.465 e. The molecule has 0 bridgehead atoms. The second-order valence-corrected chi connectivity index (χ2v) is 8.86. The summed E-state index contributed by atoms with van der Waals surface area (Å²) in [6.07, 6.45) is 2.37.